The number of hydrogen-bond acceptors (Lipinski definition) is 4. The van der Waals surface area contributed by atoms with Crippen LogP contribution < -0.4 is 5.32 Å². The summed E-state index contributed by atoms with van der Waals surface area (Å²) in [4.78, 5) is 10.7. The first kappa shape index (κ1) is 14.5. The lowest BCUT2D eigenvalue weighted by molar-refractivity contribution is -0.384. The van der Waals surface area contributed by atoms with E-state index in [1.807, 2.05) is 6.92 Å². The van der Waals surface area contributed by atoms with E-state index in [-0.39, 0.29) is 16.0 Å². The second kappa shape index (κ2) is 5.37. The summed E-state index contributed by atoms with van der Waals surface area (Å²) in [6.45, 7) is 9.00. The van der Waals surface area contributed by atoms with Crippen LogP contribution in [0.25, 0.3) is 0 Å². The van der Waals surface area contributed by atoms with Gasteiger partial charge in [-0.25, -0.2) is 4.68 Å². The van der Waals surface area contributed by atoms with Crippen LogP contribution >= 0.6 is 0 Å². The molecule has 6 nitrogen and oxygen atoms in total. The lowest BCUT2D eigenvalue weighted by Gasteiger charge is -2.18. The number of nitro groups is 1. The van der Waals surface area contributed by atoms with Gasteiger partial charge in [0.2, 0.25) is 5.82 Å². The van der Waals surface area contributed by atoms with Gasteiger partial charge < -0.3 is 5.32 Å². The summed E-state index contributed by atoms with van der Waals surface area (Å²) in [5.41, 5.74) is 0.836. The van der Waals surface area contributed by atoms with Gasteiger partial charge in [0, 0.05) is 13.6 Å². The van der Waals surface area contributed by atoms with Gasteiger partial charge in [0.25, 0.3) is 0 Å². The molecule has 0 saturated carbocycles. The minimum Gasteiger partial charge on any atom is -0.365 e. The number of hydrogen-bond donors (Lipinski definition) is 1. The van der Waals surface area contributed by atoms with Gasteiger partial charge in [0.1, 0.15) is 5.69 Å². The van der Waals surface area contributed by atoms with Gasteiger partial charge in [0.05, 0.1) is 4.92 Å². The lowest BCUT2D eigenvalue weighted by Crippen LogP contribution is -2.15. The van der Waals surface area contributed by atoms with Crippen LogP contribution in [0.5, 0.6) is 0 Å². The molecule has 1 rings (SSSR count). The van der Waals surface area contributed by atoms with Crippen molar-refractivity contribution in [3.05, 3.63) is 15.8 Å². The van der Waals surface area contributed by atoms with E-state index in [2.05, 4.69) is 31.2 Å². The normalized spacial score (nSPS) is 11.6. The van der Waals surface area contributed by atoms with Gasteiger partial charge in [-0.15, -0.1) is 0 Å². The first-order valence-corrected chi connectivity index (χ1v) is 6.20. The Hall–Kier alpha value is -1.59. The largest absolute Gasteiger partial charge is 0.365 e. The smallest absolute Gasteiger partial charge is 0.333 e. The maximum Gasteiger partial charge on any atom is 0.333 e. The minimum absolute atomic E-state index is 0.105. The Kier molecular flexibility index (Phi) is 4.32. The SMILES string of the molecule is CCc1nn(C)c(NCCC(C)(C)C)c1[N+](=O)[O-]. The molecule has 0 atom stereocenters. The van der Waals surface area contributed by atoms with Crippen molar-refractivity contribution in [2.45, 2.75) is 40.5 Å². The summed E-state index contributed by atoms with van der Waals surface area (Å²) in [5.74, 6) is 0.501. The molecule has 1 heterocycles. The van der Waals surface area contributed by atoms with Crippen molar-refractivity contribution >= 4 is 11.5 Å². The predicted molar refractivity (Wildman–Crippen MR) is 71.8 cm³/mol. The third kappa shape index (κ3) is 3.45. The fourth-order valence-electron chi connectivity index (χ4n) is 1.75. The van der Waals surface area contributed by atoms with Gasteiger partial charge in [-0.3, -0.25) is 10.1 Å². The van der Waals surface area contributed by atoms with E-state index in [4.69, 9.17) is 0 Å². The molecule has 6 heteroatoms. The van der Waals surface area contributed by atoms with Crippen LogP contribution in [0.15, 0.2) is 0 Å². The number of anilines is 1. The second-order valence-electron chi connectivity index (χ2n) is 5.62. The average molecular weight is 254 g/mol. The number of nitrogens with zero attached hydrogens (tertiary/aromatic N) is 3. The van der Waals surface area contributed by atoms with Gasteiger partial charge in [-0.1, -0.05) is 27.7 Å². The molecule has 0 fully saturated rings. The molecule has 18 heavy (non-hydrogen) atoms. The van der Waals surface area contributed by atoms with E-state index in [1.54, 1.807) is 11.7 Å². The highest BCUT2D eigenvalue weighted by atomic mass is 16.6. The Labute approximate surface area is 108 Å². The number of rotatable bonds is 5. The van der Waals surface area contributed by atoms with Gasteiger partial charge >= 0.3 is 5.69 Å². The molecule has 1 aromatic heterocycles. The van der Waals surface area contributed by atoms with E-state index in [1.165, 1.54) is 0 Å². The van der Waals surface area contributed by atoms with Crippen molar-refractivity contribution in [2.24, 2.45) is 12.5 Å². The van der Waals surface area contributed by atoms with Crippen LogP contribution in [0, 0.1) is 15.5 Å². The quantitative estimate of drug-likeness (QED) is 0.647. The molecule has 1 N–H and O–H groups in total. The molecule has 0 bridgehead atoms. The Bertz CT molecular complexity index is 432. The van der Waals surface area contributed by atoms with Crippen molar-refractivity contribution in [1.82, 2.24) is 9.78 Å². The van der Waals surface area contributed by atoms with E-state index in [9.17, 15) is 10.1 Å². The van der Waals surface area contributed by atoms with E-state index >= 15 is 0 Å². The molecule has 0 saturated heterocycles. The number of aryl methyl sites for hydroxylation is 2. The van der Waals surface area contributed by atoms with Crippen molar-refractivity contribution < 1.29 is 4.92 Å². The zero-order valence-electron chi connectivity index (χ0n) is 11.8. The number of nitrogens with one attached hydrogen (secondary N) is 1. The average Bonchev–Trinajstić information content (AvgIpc) is 2.54. The van der Waals surface area contributed by atoms with Gasteiger partial charge in [-0.2, -0.15) is 5.10 Å². The Morgan fingerprint density at radius 2 is 2.06 bits per heavy atom. The topological polar surface area (TPSA) is 73.0 Å². The Morgan fingerprint density at radius 1 is 1.44 bits per heavy atom. The van der Waals surface area contributed by atoms with E-state index < -0.39 is 0 Å². The highest BCUT2D eigenvalue weighted by Crippen LogP contribution is 2.29. The molecule has 0 radical (unpaired) electrons. The first-order valence-electron chi connectivity index (χ1n) is 6.20. The third-order valence-corrected chi connectivity index (χ3v) is 2.78. The van der Waals surface area contributed by atoms with Crippen LogP contribution in [0.2, 0.25) is 0 Å². The van der Waals surface area contributed by atoms with Gasteiger partial charge in [-0.05, 0) is 18.3 Å². The molecule has 102 valence electrons. The van der Waals surface area contributed by atoms with Gasteiger partial charge in [0.15, 0.2) is 0 Å². The predicted octanol–water partition coefficient (Wildman–Crippen LogP) is 2.74. The highest BCUT2D eigenvalue weighted by molar-refractivity contribution is 5.59. The molecule has 0 aliphatic heterocycles. The molecule has 1 aromatic rings. The summed E-state index contributed by atoms with van der Waals surface area (Å²) >= 11 is 0. The molecule has 0 aliphatic carbocycles. The molecule has 0 spiro atoms. The fraction of sp³-hybridized carbons (Fsp3) is 0.750. The van der Waals surface area contributed by atoms with Crippen molar-refractivity contribution in [1.29, 1.82) is 0 Å². The van der Waals surface area contributed by atoms with Crippen LogP contribution in [0.1, 0.15) is 39.8 Å². The molecule has 0 aromatic carbocycles. The van der Waals surface area contributed by atoms with Crippen molar-refractivity contribution in [3.63, 3.8) is 0 Å². The Morgan fingerprint density at radius 3 is 2.50 bits per heavy atom. The molecule has 0 amide bonds. The summed E-state index contributed by atoms with van der Waals surface area (Å²) in [7, 11) is 1.73. The third-order valence-electron chi connectivity index (χ3n) is 2.78. The summed E-state index contributed by atoms with van der Waals surface area (Å²) in [6, 6.07) is 0. The standard InChI is InChI=1S/C12H22N4O2/c1-6-9-10(16(17)18)11(15(5)14-9)13-8-7-12(2,3)4/h13H,6-8H2,1-5H3. The number of aromatic nitrogens is 2. The maximum atomic E-state index is 11.1. The minimum atomic E-state index is -0.356. The van der Waals surface area contributed by atoms with Crippen LogP contribution in [-0.4, -0.2) is 21.2 Å². The second-order valence-corrected chi connectivity index (χ2v) is 5.62. The summed E-state index contributed by atoms with van der Waals surface area (Å²) < 4.78 is 1.56. The Balaban J connectivity index is 2.88. The fourth-order valence-corrected chi connectivity index (χ4v) is 1.75. The summed E-state index contributed by atoms with van der Waals surface area (Å²) in [5, 5.41) is 18.4. The van der Waals surface area contributed by atoms with E-state index in [0.29, 0.717) is 24.5 Å². The van der Waals surface area contributed by atoms with Crippen LogP contribution in [0.3, 0.4) is 0 Å². The monoisotopic (exact) mass is 254 g/mol. The first-order chi connectivity index (χ1) is 8.26. The lowest BCUT2D eigenvalue weighted by atomic mass is 9.92. The molecular weight excluding hydrogens is 232 g/mol. The molecule has 0 unspecified atom stereocenters. The van der Waals surface area contributed by atoms with Crippen LogP contribution in [-0.2, 0) is 13.5 Å². The van der Waals surface area contributed by atoms with Crippen molar-refractivity contribution in [2.75, 3.05) is 11.9 Å². The zero-order chi connectivity index (χ0) is 13.9. The van der Waals surface area contributed by atoms with Crippen LogP contribution in [0.4, 0.5) is 11.5 Å². The summed E-state index contributed by atoms with van der Waals surface area (Å²) in [6.07, 6.45) is 1.50. The van der Waals surface area contributed by atoms with Crippen molar-refractivity contribution in [3.8, 4) is 0 Å². The molecule has 0 aliphatic rings. The highest BCUT2D eigenvalue weighted by Gasteiger charge is 2.25. The van der Waals surface area contributed by atoms with E-state index in [0.717, 1.165) is 6.42 Å². The maximum absolute atomic E-state index is 11.1. The zero-order valence-corrected chi connectivity index (χ0v) is 11.8. The molecular formula is C12H22N4O2.